The van der Waals surface area contributed by atoms with Gasteiger partial charge < -0.3 is 26.2 Å². The van der Waals surface area contributed by atoms with E-state index in [-0.39, 0.29) is 24.4 Å². The summed E-state index contributed by atoms with van der Waals surface area (Å²) in [6.45, 7) is 4.94. The monoisotopic (exact) mass is 393 g/mol. The van der Waals surface area contributed by atoms with E-state index in [9.17, 15) is 9.59 Å². The molecule has 0 saturated carbocycles. The largest absolute Gasteiger partial charge is 0.373 e. The van der Waals surface area contributed by atoms with Gasteiger partial charge in [-0.05, 0) is 36.2 Å². The maximum Gasteiger partial charge on any atom is 0.247 e. The standard InChI is InChI=1S/C22H27N5O2/c1-15-4-2-5-16-12-19(25-21(15)16)22(29)24-17-6-3-7-18(13-17)26-8-10-27(11-9-26)20(28)14-23/h2-7,13,19,25H,8-12,14,23H2,1H3,(H,24,29). The molecule has 0 aliphatic carbocycles. The van der Waals surface area contributed by atoms with Crippen molar-refractivity contribution in [1.82, 2.24) is 4.90 Å². The number of aryl methyl sites for hydroxylation is 1. The summed E-state index contributed by atoms with van der Waals surface area (Å²) >= 11 is 0. The molecule has 7 nitrogen and oxygen atoms in total. The number of amides is 2. The van der Waals surface area contributed by atoms with Crippen molar-refractivity contribution in [3.63, 3.8) is 0 Å². The number of nitrogens with one attached hydrogen (secondary N) is 2. The summed E-state index contributed by atoms with van der Waals surface area (Å²) in [5, 5.41) is 6.40. The maximum absolute atomic E-state index is 12.8. The lowest BCUT2D eigenvalue weighted by atomic mass is 10.1. The number of para-hydroxylation sites is 1. The van der Waals surface area contributed by atoms with Crippen molar-refractivity contribution in [2.24, 2.45) is 5.73 Å². The zero-order chi connectivity index (χ0) is 20.4. The molecule has 0 aromatic heterocycles. The minimum Gasteiger partial charge on any atom is -0.373 e. The van der Waals surface area contributed by atoms with Crippen molar-refractivity contribution in [1.29, 1.82) is 0 Å². The maximum atomic E-state index is 12.8. The van der Waals surface area contributed by atoms with Gasteiger partial charge in [0.2, 0.25) is 11.8 Å². The Balaban J connectivity index is 1.38. The van der Waals surface area contributed by atoms with Gasteiger partial charge in [-0.2, -0.15) is 0 Å². The number of hydrogen-bond donors (Lipinski definition) is 3. The van der Waals surface area contributed by atoms with Crippen molar-refractivity contribution in [2.45, 2.75) is 19.4 Å². The van der Waals surface area contributed by atoms with Gasteiger partial charge in [0, 0.05) is 49.7 Å². The van der Waals surface area contributed by atoms with Crippen LogP contribution in [0.3, 0.4) is 0 Å². The number of rotatable bonds is 4. The molecule has 1 atom stereocenters. The molecule has 29 heavy (non-hydrogen) atoms. The quantitative estimate of drug-likeness (QED) is 0.734. The number of nitrogens with two attached hydrogens (primary N) is 1. The van der Waals surface area contributed by atoms with E-state index in [1.54, 1.807) is 4.90 Å². The molecule has 2 aliphatic heterocycles. The number of carbonyl (C=O) groups is 2. The van der Waals surface area contributed by atoms with Gasteiger partial charge in [0.15, 0.2) is 0 Å². The first kappa shape index (κ1) is 19.3. The summed E-state index contributed by atoms with van der Waals surface area (Å²) in [6.07, 6.45) is 0.694. The van der Waals surface area contributed by atoms with Crippen LogP contribution in [-0.4, -0.2) is 55.5 Å². The lowest BCUT2D eigenvalue weighted by Gasteiger charge is -2.36. The van der Waals surface area contributed by atoms with Crippen LogP contribution < -0.4 is 21.3 Å². The lowest BCUT2D eigenvalue weighted by Crippen LogP contribution is -2.50. The van der Waals surface area contributed by atoms with Crippen LogP contribution in [0.2, 0.25) is 0 Å². The van der Waals surface area contributed by atoms with Crippen molar-refractivity contribution in [3.05, 3.63) is 53.6 Å². The van der Waals surface area contributed by atoms with Crippen molar-refractivity contribution < 1.29 is 9.59 Å². The topological polar surface area (TPSA) is 90.7 Å². The number of benzene rings is 2. The Morgan fingerprint density at radius 2 is 1.90 bits per heavy atom. The van der Waals surface area contributed by atoms with Crippen LogP contribution >= 0.6 is 0 Å². The molecule has 2 aromatic carbocycles. The van der Waals surface area contributed by atoms with Crippen molar-refractivity contribution in [3.8, 4) is 0 Å². The minimum atomic E-state index is -0.263. The number of fused-ring (bicyclic) bond motifs is 1. The van der Waals surface area contributed by atoms with Gasteiger partial charge in [-0.1, -0.05) is 24.3 Å². The van der Waals surface area contributed by atoms with Crippen molar-refractivity contribution >= 4 is 28.9 Å². The Kier molecular flexibility index (Phi) is 5.40. The highest BCUT2D eigenvalue weighted by molar-refractivity contribution is 5.98. The average Bonchev–Trinajstić information content (AvgIpc) is 3.19. The summed E-state index contributed by atoms with van der Waals surface area (Å²) in [5.74, 6) is -0.0397. The van der Waals surface area contributed by atoms with Gasteiger partial charge in [0.1, 0.15) is 6.04 Å². The third kappa shape index (κ3) is 4.05. The molecule has 2 aliphatic rings. The summed E-state index contributed by atoms with van der Waals surface area (Å²) in [6, 6.07) is 13.8. The van der Waals surface area contributed by atoms with E-state index in [4.69, 9.17) is 5.73 Å². The molecule has 1 unspecified atom stereocenters. The van der Waals surface area contributed by atoms with Crippen LogP contribution in [0.15, 0.2) is 42.5 Å². The van der Waals surface area contributed by atoms with E-state index in [2.05, 4.69) is 34.6 Å². The molecule has 0 radical (unpaired) electrons. The number of anilines is 3. The molecule has 2 amide bonds. The van der Waals surface area contributed by atoms with Crippen LogP contribution in [0, 0.1) is 6.92 Å². The van der Waals surface area contributed by atoms with Gasteiger partial charge in [-0.3, -0.25) is 9.59 Å². The molecule has 0 bridgehead atoms. The van der Waals surface area contributed by atoms with Crippen LogP contribution in [0.5, 0.6) is 0 Å². The second kappa shape index (κ2) is 8.13. The first-order valence-electron chi connectivity index (χ1n) is 10.0. The molecule has 4 N–H and O–H groups in total. The first-order valence-corrected chi connectivity index (χ1v) is 10.0. The number of carbonyl (C=O) groups excluding carboxylic acids is 2. The third-order valence-corrected chi connectivity index (χ3v) is 5.70. The molecule has 0 spiro atoms. The van der Waals surface area contributed by atoms with Gasteiger partial charge >= 0.3 is 0 Å². The highest BCUT2D eigenvalue weighted by Gasteiger charge is 2.27. The Bertz CT molecular complexity index is 921. The van der Waals surface area contributed by atoms with Gasteiger partial charge in [0.25, 0.3) is 0 Å². The SMILES string of the molecule is Cc1cccc2c1NC(C(=O)Nc1cccc(N3CCN(C(=O)CN)CC3)c1)C2. The van der Waals surface area contributed by atoms with Crippen LogP contribution in [0.25, 0.3) is 0 Å². The minimum absolute atomic E-state index is 0.00837. The van der Waals surface area contributed by atoms with Gasteiger partial charge in [-0.15, -0.1) is 0 Å². The molecular weight excluding hydrogens is 366 g/mol. The zero-order valence-corrected chi connectivity index (χ0v) is 16.6. The number of nitrogens with zero attached hydrogens (tertiary/aromatic N) is 2. The molecule has 2 aromatic rings. The molecule has 1 fully saturated rings. The normalized spacial score (nSPS) is 18.2. The highest BCUT2D eigenvalue weighted by Crippen LogP contribution is 2.29. The Morgan fingerprint density at radius 1 is 1.14 bits per heavy atom. The Labute approximate surface area is 170 Å². The van der Waals surface area contributed by atoms with Crippen LogP contribution in [-0.2, 0) is 16.0 Å². The van der Waals surface area contributed by atoms with E-state index >= 15 is 0 Å². The fraction of sp³-hybridized carbons (Fsp3) is 0.364. The van der Waals surface area contributed by atoms with Crippen LogP contribution in [0.1, 0.15) is 11.1 Å². The van der Waals surface area contributed by atoms with E-state index in [0.29, 0.717) is 19.5 Å². The van der Waals surface area contributed by atoms with Crippen molar-refractivity contribution in [2.75, 3.05) is 48.3 Å². The van der Waals surface area contributed by atoms with Gasteiger partial charge in [-0.25, -0.2) is 0 Å². The molecule has 2 heterocycles. The molecule has 152 valence electrons. The molecule has 7 heteroatoms. The highest BCUT2D eigenvalue weighted by atomic mass is 16.2. The first-order chi connectivity index (χ1) is 14.0. The van der Waals surface area contributed by atoms with E-state index in [0.717, 1.165) is 35.7 Å². The van der Waals surface area contributed by atoms with E-state index < -0.39 is 0 Å². The fourth-order valence-corrected chi connectivity index (χ4v) is 4.06. The predicted molar refractivity (Wildman–Crippen MR) is 115 cm³/mol. The van der Waals surface area contributed by atoms with Gasteiger partial charge in [0.05, 0.1) is 6.54 Å². The molecule has 4 rings (SSSR count). The van der Waals surface area contributed by atoms with E-state index in [1.165, 1.54) is 5.56 Å². The molecule has 1 saturated heterocycles. The summed E-state index contributed by atoms with van der Waals surface area (Å²) in [7, 11) is 0. The summed E-state index contributed by atoms with van der Waals surface area (Å²) in [5.41, 5.74) is 10.7. The second-order valence-electron chi connectivity index (χ2n) is 7.62. The number of piperazine rings is 1. The smallest absolute Gasteiger partial charge is 0.247 e. The Morgan fingerprint density at radius 3 is 2.62 bits per heavy atom. The third-order valence-electron chi connectivity index (χ3n) is 5.70. The average molecular weight is 393 g/mol. The molecular formula is C22H27N5O2. The van der Waals surface area contributed by atoms with Crippen LogP contribution in [0.4, 0.5) is 17.1 Å². The number of hydrogen-bond acceptors (Lipinski definition) is 5. The summed E-state index contributed by atoms with van der Waals surface area (Å²) in [4.78, 5) is 28.6. The van der Waals surface area contributed by atoms with E-state index in [1.807, 2.05) is 30.3 Å². The second-order valence-corrected chi connectivity index (χ2v) is 7.62. The lowest BCUT2D eigenvalue weighted by molar-refractivity contribution is -0.130. The predicted octanol–water partition coefficient (Wildman–Crippen LogP) is 1.58. The summed E-state index contributed by atoms with van der Waals surface area (Å²) < 4.78 is 0. The fourth-order valence-electron chi connectivity index (χ4n) is 4.06. The zero-order valence-electron chi connectivity index (χ0n) is 16.6. The Hall–Kier alpha value is -3.06.